The van der Waals surface area contributed by atoms with Crippen LogP contribution in [0.15, 0.2) is 42.5 Å². The van der Waals surface area contributed by atoms with E-state index in [0.717, 1.165) is 18.4 Å². The highest BCUT2D eigenvalue weighted by Gasteiger charge is 2.29. The molecule has 170 valence electrons. The molecule has 1 saturated heterocycles. The smallest absolute Gasteiger partial charge is 0.236 e. The van der Waals surface area contributed by atoms with Gasteiger partial charge >= 0.3 is 0 Å². The molecular formula is C25H29FN2O4. The van der Waals surface area contributed by atoms with Gasteiger partial charge in [0.25, 0.3) is 0 Å². The zero-order valence-corrected chi connectivity index (χ0v) is 18.6. The molecule has 1 amide bonds. The first-order valence-electron chi connectivity index (χ1n) is 11.1. The van der Waals surface area contributed by atoms with Crippen LogP contribution in [0.5, 0.6) is 11.5 Å². The van der Waals surface area contributed by atoms with Crippen molar-refractivity contribution in [2.24, 2.45) is 5.92 Å². The molecule has 2 aliphatic heterocycles. The Morgan fingerprint density at radius 1 is 1.06 bits per heavy atom. The van der Waals surface area contributed by atoms with Crippen LogP contribution in [0.3, 0.4) is 0 Å². The summed E-state index contributed by atoms with van der Waals surface area (Å²) in [6.07, 6.45) is 1.44. The maximum absolute atomic E-state index is 13.2. The fraction of sp³-hybridized carbons (Fsp3) is 0.440. The molecule has 0 aromatic heterocycles. The number of rotatable bonds is 6. The van der Waals surface area contributed by atoms with E-state index in [2.05, 4.69) is 4.90 Å². The Bertz CT molecular complexity index is 970. The van der Waals surface area contributed by atoms with Crippen LogP contribution in [0, 0.1) is 11.7 Å². The van der Waals surface area contributed by atoms with Crippen molar-refractivity contribution >= 4 is 11.7 Å². The lowest BCUT2D eigenvalue weighted by molar-refractivity contribution is -0.133. The van der Waals surface area contributed by atoms with Crippen LogP contribution in [0.1, 0.15) is 41.7 Å². The van der Waals surface area contributed by atoms with Gasteiger partial charge < -0.3 is 14.4 Å². The van der Waals surface area contributed by atoms with Gasteiger partial charge in [-0.3, -0.25) is 14.5 Å². The van der Waals surface area contributed by atoms with E-state index in [1.54, 1.807) is 42.3 Å². The van der Waals surface area contributed by atoms with Crippen LogP contribution in [0.4, 0.5) is 4.39 Å². The van der Waals surface area contributed by atoms with Gasteiger partial charge in [0.1, 0.15) is 19.0 Å². The van der Waals surface area contributed by atoms with Crippen LogP contribution in [-0.4, -0.2) is 61.4 Å². The number of hydrogen-bond donors (Lipinski definition) is 0. The Balaban J connectivity index is 1.29. The molecular weight excluding hydrogens is 411 g/mol. The fourth-order valence-electron chi connectivity index (χ4n) is 4.27. The van der Waals surface area contributed by atoms with Gasteiger partial charge in [-0.2, -0.15) is 0 Å². The molecule has 7 heteroatoms. The minimum atomic E-state index is -0.288. The number of likely N-dealkylation sites (N-methyl/N-ethyl adjacent to an activating group) is 1. The van der Waals surface area contributed by atoms with E-state index in [0.29, 0.717) is 49.9 Å². The first-order chi connectivity index (χ1) is 15.4. The number of ketones is 1. The van der Waals surface area contributed by atoms with Crippen LogP contribution in [0.2, 0.25) is 0 Å². The maximum Gasteiger partial charge on any atom is 0.236 e. The summed E-state index contributed by atoms with van der Waals surface area (Å²) in [5.41, 5.74) is 1.54. The number of carbonyl (C=O) groups is 2. The summed E-state index contributed by atoms with van der Waals surface area (Å²) in [6, 6.07) is 11.5. The number of carbonyl (C=O) groups excluding carboxylic acids is 2. The molecule has 0 aliphatic carbocycles. The van der Waals surface area contributed by atoms with Gasteiger partial charge in [0.2, 0.25) is 5.91 Å². The van der Waals surface area contributed by atoms with Crippen molar-refractivity contribution in [2.75, 3.05) is 39.9 Å². The van der Waals surface area contributed by atoms with Crippen molar-refractivity contribution < 1.29 is 23.5 Å². The van der Waals surface area contributed by atoms with E-state index < -0.39 is 0 Å². The Hall–Kier alpha value is -2.93. The minimum Gasteiger partial charge on any atom is -0.486 e. The predicted molar refractivity (Wildman–Crippen MR) is 119 cm³/mol. The molecule has 2 heterocycles. The topological polar surface area (TPSA) is 59.1 Å². The van der Waals surface area contributed by atoms with E-state index >= 15 is 0 Å². The zero-order valence-electron chi connectivity index (χ0n) is 18.6. The highest BCUT2D eigenvalue weighted by molar-refractivity contribution is 5.98. The van der Waals surface area contributed by atoms with Crippen LogP contribution in [0.25, 0.3) is 0 Å². The molecule has 32 heavy (non-hydrogen) atoms. The van der Waals surface area contributed by atoms with E-state index in [9.17, 15) is 14.0 Å². The quantitative estimate of drug-likeness (QED) is 0.641. The highest BCUT2D eigenvalue weighted by atomic mass is 19.1. The van der Waals surface area contributed by atoms with E-state index in [-0.39, 0.29) is 29.5 Å². The summed E-state index contributed by atoms with van der Waals surface area (Å²) in [5, 5.41) is 0. The van der Waals surface area contributed by atoms with Gasteiger partial charge in [0, 0.05) is 18.5 Å². The standard InChI is InChI=1S/C25H29FN2O4/c1-17(18-3-6-21(26)7-4-18)27(2)24(29)16-28-11-9-19(10-12-28)25(30)20-5-8-22-23(15-20)32-14-13-31-22/h3-8,15,17,19H,9-14,16H2,1-2H3. The van der Waals surface area contributed by atoms with E-state index in [1.165, 1.54) is 12.1 Å². The summed E-state index contributed by atoms with van der Waals surface area (Å²) in [7, 11) is 1.77. The molecule has 0 bridgehead atoms. The van der Waals surface area contributed by atoms with Crippen molar-refractivity contribution in [3.05, 3.63) is 59.4 Å². The number of hydrogen-bond acceptors (Lipinski definition) is 5. The second kappa shape index (κ2) is 9.69. The number of fused-ring (bicyclic) bond motifs is 1. The van der Waals surface area contributed by atoms with Crippen LogP contribution >= 0.6 is 0 Å². The summed E-state index contributed by atoms with van der Waals surface area (Å²) >= 11 is 0. The van der Waals surface area contributed by atoms with Crippen LogP contribution in [-0.2, 0) is 4.79 Å². The molecule has 0 N–H and O–H groups in total. The predicted octanol–water partition coefficient (Wildman–Crippen LogP) is 3.71. The van der Waals surface area contributed by atoms with Crippen molar-refractivity contribution in [2.45, 2.75) is 25.8 Å². The number of halogens is 1. The number of benzene rings is 2. The molecule has 2 aromatic rings. The average molecular weight is 441 g/mol. The first kappa shape index (κ1) is 22.3. The molecule has 0 spiro atoms. The second-order valence-electron chi connectivity index (χ2n) is 8.51. The molecule has 0 saturated carbocycles. The molecule has 2 aliphatic rings. The summed E-state index contributed by atoms with van der Waals surface area (Å²) in [6.45, 7) is 4.66. The van der Waals surface area contributed by atoms with E-state index in [1.807, 2.05) is 6.92 Å². The molecule has 1 fully saturated rings. The van der Waals surface area contributed by atoms with Crippen molar-refractivity contribution in [1.29, 1.82) is 0 Å². The molecule has 1 unspecified atom stereocenters. The van der Waals surface area contributed by atoms with Crippen molar-refractivity contribution in [3.63, 3.8) is 0 Å². The third-order valence-corrected chi connectivity index (χ3v) is 6.47. The van der Waals surface area contributed by atoms with Gasteiger partial charge in [0.05, 0.1) is 12.6 Å². The largest absolute Gasteiger partial charge is 0.486 e. The van der Waals surface area contributed by atoms with Gasteiger partial charge in [-0.15, -0.1) is 0 Å². The number of Topliss-reactive ketones (excluding diaryl/α,β-unsaturated/α-hetero) is 1. The molecule has 4 rings (SSSR count). The van der Waals surface area contributed by atoms with Crippen molar-refractivity contribution in [1.82, 2.24) is 9.80 Å². The van der Waals surface area contributed by atoms with Gasteiger partial charge in [-0.05, 0) is 68.8 Å². The lowest BCUT2D eigenvalue weighted by atomic mass is 9.88. The Morgan fingerprint density at radius 3 is 2.41 bits per heavy atom. The Morgan fingerprint density at radius 2 is 1.72 bits per heavy atom. The van der Waals surface area contributed by atoms with Gasteiger partial charge in [-0.1, -0.05) is 12.1 Å². The number of likely N-dealkylation sites (tertiary alicyclic amines) is 1. The second-order valence-corrected chi connectivity index (χ2v) is 8.51. The highest BCUT2D eigenvalue weighted by Crippen LogP contribution is 2.32. The Labute approximate surface area is 187 Å². The Kier molecular flexibility index (Phi) is 6.74. The first-order valence-corrected chi connectivity index (χ1v) is 11.1. The monoisotopic (exact) mass is 440 g/mol. The number of piperidine rings is 1. The zero-order chi connectivity index (χ0) is 22.7. The SMILES string of the molecule is CC(c1ccc(F)cc1)N(C)C(=O)CN1CCC(C(=O)c2ccc3c(c2)OCCO3)CC1. The lowest BCUT2D eigenvalue weighted by Crippen LogP contribution is -2.43. The van der Waals surface area contributed by atoms with Crippen LogP contribution < -0.4 is 9.47 Å². The summed E-state index contributed by atoms with van der Waals surface area (Å²) < 4.78 is 24.3. The number of ether oxygens (including phenoxy) is 2. The molecule has 1 atom stereocenters. The normalized spacial score (nSPS) is 17.6. The lowest BCUT2D eigenvalue weighted by Gasteiger charge is -2.33. The minimum absolute atomic E-state index is 0.0124. The third kappa shape index (κ3) is 4.93. The number of nitrogens with zero attached hydrogens (tertiary/aromatic N) is 2. The fourth-order valence-corrected chi connectivity index (χ4v) is 4.27. The molecule has 2 aromatic carbocycles. The number of amides is 1. The molecule has 6 nitrogen and oxygen atoms in total. The van der Waals surface area contributed by atoms with Crippen molar-refractivity contribution in [3.8, 4) is 11.5 Å². The summed E-state index contributed by atoms with van der Waals surface area (Å²) in [4.78, 5) is 29.6. The van der Waals surface area contributed by atoms with E-state index in [4.69, 9.17) is 9.47 Å². The van der Waals surface area contributed by atoms with Gasteiger partial charge in [0.15, 0.2) is 17.3 Å². The summed E-state index contributed by atoms with van der Waals surface area (Å²) in [5.74, 6) is 1.10. The maximum atomic E-state index is 13.2. The third-order valence-electron chi connectivity index (χ3n) is 6.47. The van der Waals surface area contributed by atoms with Gasteiger partial charge in [-0.25, -0.2) is 4.39 Å². The average Bonchev–Trinajstić information content (AvgIpc) is 2.83. The molecule has 0 radical (unpaired) electrons.